The van der Waals surface area contributed by atoms with E-state index in [2.05, 4.69) is 6.92 Å². The molecule has 0 aromatic rings. The zero-order chi connectivity index (χ0) is 26.2. The van der Waals surface area contributed by atoms with E-state index in [1.807, 2.05) is 25.2 Å². The van der Waals surface area contributed by atoms with E-state index >= 15 is 0 Å². The van der Waals surface area contributed by atoms with Gasteiger partial charge >= 0.3 is 5.97 Å². The Bertz CT molecular complexity index is 594. The Morgan fingerprint density at radius 2 is 1.71 bits per heavy atom. The molecular weight excluding hydrogens is 438 g/mol. The van der Waals surface area contributed by atoms with Crippen LogP contribution in [0.2, 0.25) is 0 Å². The van der Waals surface area contributed by atoms with Crippen molar-refractivity contribution in [1.29, 1.82) is 0 Å². The molecule has 0 bridgehead atoms. The highest BCUT2D eigenvalue weighted by Gasteiger charge is 2.39. The molecule has 8 nitrogen and oxygen atoms in total. The van der Waals surface area contributed by atoms with Gasteiger partial charge in [-0.15, -0.1) is 0 Å². The summed E-state index contributed by atoms with van der Waals surface area (Å²) in [6.45, 7) is 5.43. The molecule has 1 fully saturated rings. The fourth-order valence-electron chi connectivity index (χ4n) is 3.86. The van der Waals surface area contributed by atoms with Crippen LogP contribution in [0, 0.1) is 11.8 Å². The minimum Gasteiger partial charge on any atom is -0.481 e. The molecule has 0 amide bonds. The maximum Gasteiger partial charge on any atom is 0.303 e. The summed E-state index contributed by atoms with van der Waals surface area (Å²) in [5.74, 6) is -1.04. The van der Waals surface area contributed by atoms with Crippen LogP contribution in [0.5, 0.6) is 0 Å². The molecule has 0 aromatic carbocycles. The molecule has 1 aliphatic rings. The number of allylic oxidation sites excluding steroid dienone is 2. The van der Waals surface area contributed by atoms with Crippen LogP contribution >= 0.6 is 0 Å². The molecule has 0 heterocycles. The van der Waals surface area contributed by atoms with E-state index in [0.717, 1.165) is 19.3 Å². The molecule has 34 heavy (non-hydrogen) atoms. The maximum atomic E-state index is 10.5. The van der Waals surface area contributed by atoms with Gasteiger partial charge in [-0.05, 0) is 44.9 Å². The van der Waals surface area contributed by atoms with Crippen LogP contribution in [-0.4, -0.2) is 73.2 Å². The molecule has 8 N–H and O–H groups in total. The van der Waals surface area contributed by atoms with Crippen molar-refractivity contribution in [2.45, 2.75) is 108 Å². The lowest BCUT2D eigenvalue weighted by Gasteiger charge is -2.23. The summed E-state index contributed by atoms with van der Waals surface area (Å²) in [5.41, 5.74) is 3.74. The van der Waals surface area contributed by atoms with Gasteiger partial charge in [0.2, 0.25) is 0 Å². The molecular formula is C26H49NO7. The van der Waals surface area contributed by atoms with E-state index in [9.17, 15) is 20.1 Å². The van der Waals surface area contributed by atoms with Crippen molar-refractivity contribution in [3.8, 4) is 0 Å². The molecule has 0 aliphatic heterocycles. The van der Waals surface area contributed by atoms with Crippen LogP contribution in [0.1, 0.15) is 85.0 Å². The topological polar surface area (TPSA) is 164 Å². The highest BCUT2D eigenvalue weighted by atomic mass is 16.4. The van der Waals surface area contributed by atoms with Gasteiger partial charge in [0, 0.05) is 18.8 Å². The van der Waals surface area contributed by atoms with E-state index in [1.54, 1.807) is 13.0 Å². The lowest BCUT2D eigenvalue weighted by molar-refractivity contribution is -0.137. The molecule has 0 radical (unpaired) electrons. The fraction of sp³-hybridized carbons (Fsp3) is 0.808. The van der Waals surface area contributed by atoms with Crippen LogP contribution in [-0.2, 0) is 4.79 Å². The summed E-state index contributed by atoms with van der Waals surface area (Å²) in [7, 11) is 0. The average Bonchev–Trinajstić information content (AvgIpc) is 3.06. The van der Waals surface area contributed by atoms with Crippen molar-refractivity contribution in [3.63, 3.8) is 0 Å². The first-order valence-electron chi connectivity index (χ1n) is 12.6. The van der Waals surface area contributed by atoms with Crippen LogP contribution in [0.3, 0.4) is 0 Å². The smallest absolute Gasteiger partial charge is 0.303 e. The third-order valence-electron chi connectivity index (χ3n) is 6.55. The van der Waals surface area contributed by atoms with E-state index in [1.165, 1.54) is 0 Å². The molecule has 1 saturated carbocycles. The number of carboxylic acid groups (broad SMARTS) is 1. The van der Waals surface area contributed by atoms with Crippen molar-refractivity contribution in [1.82, 2.24) is 0 Å². The first-order chi connectivity index (χ1) is 15.9. The number of nitrogens with two attached hydrogens (primary N) is 1. The van der Waals surface area contributed by atoms with E-state index < -0.39 is 29.3 Å². The van der Waals surface area contributed by atoms with Gasteiger partial charge in [0.05, 0.1) is 36.6 Å². The lowest BCUT2D eigenvalue weighted by Crippen LogP contribution is -2.46. The molecule has 0 unspecified atom stereocenters. The van der Waals surface area contributed by atoms with Gasteiger partial charge in [-0.25, -0.2) is 0 Å². The lowest BCUT2D eigenvalue weighted by atomic mass is 9.88. The number of carbonyl (C=O) groups is 1. The third-order valence-corrected chi connectivity index (χ3v) is 6.55. The highest BCUT2D eigenvalue weighted by Crippen LogP contribution is 2.37. The van der Waals surface area contributed by atoms with Gasteiger partial charge in [0.1, 0.15) is 0 Å². The number of aliphatic carboxylic acids is 1. The van der Waals surface area contributed by atoms with E-state index in [-0.39, 0.29) is 31.5 Å². The number of carboxylic acids is 1. The van der Waals surface area contributed by atoms with Crippen molar-refractivity contribution < 1.29 is 35.4 Å². The first kappa shape index (κ1) is 32.7. The summed E-state index contributed by atoms with van der Waals surface area (Å²) >= 11 is 0. The van der Waals surface area contributed by atoms with Crippen LogP contribution in [0.4, 0.5) is 0 Å². The molecule has 8 heteroatoms. The number of aliphatic hydroxyl groups excluding tert-OH is 4. The zero-order valence-electron chi connectivity index (χ0n) is 21.3. The van der Waals surface area contributed by atoms with Gasteiger partial charge < -0.3 is 36.4 Å². The minimum atomic E-state index is -0.889. The fourth-order valence-corrected chi connectivity index (χ4v) is 3.86. The van der Waals surface area contributed by atoms with Gasteiger partial charge in [-0.1, -0.05) is 57.4 Å². The highest BCUT2D eigenvalue weighted by molar-refractivity contribution is 5.66. The average molecular weight is 488 g/mol. The maximum absolute atomic E-state index is 10.5. The standard InChI is InChI=1S/C21H36O5.C5H13NO2/c1-3-4-9-13-21(2,26)14-12-17-16(18(22)15-19(17)23)10-7-5-6-8-11-20(24)25;1-2-5(6,3-7)4-8/h5,7,12,14,16-19,22-23,26H,3-4,6,8-11,13,15H2,1-2H3,(H,24,25);7-8H,2-4,6H2,1H3/b7-5-,14-12+;/t16-,17-,18+,19-,21+;/m1./s1. The molecule has 1 rings (SSSR count). The van der Waals surface area contributed by atoms with Gasteiger partial charge in [-0.3, -0.25) is 4.79 Å². The Morgan fingerprint density at radius 1 is 1.06 bits per heavy atom. The molecule has 0 saturated heterocycles. The van der Waals surface area contributed by atoms with Crippen molar-refractivity contribution in [2.75, 3.05) is 13.2 Å². The normalized spacial score (nSPS) is 24.9. The summed E-state index contributed by atoms with van der Waals surface area (Å²) in [5, 5.41) is 56.6. The quantitative estimate of drug-likeness (QED) is 0.137. The van der Waals surface area contributed by atoms with E-state index in [0.29, 0.717) is 38.5 Å². The second kappa shape index (κ2) is 17.2. The molecule has 0 aromatic heterocycles. The molecule has 1 aliphatic carbocycles. The minimum absolute atomic E-state index is 0.0802. The Hall–Kier alpha value is -1.29. The number of rotatable bonds is 15. The Labute approximate surface area is 205 Å². The number of hydrogen-bond donors (Lipinski definition) is 7. The molecule has 5 atom stereocenters. The summed E-state index contributed by atoms with van der Waals surface area (Å²) in [6.07, 6.45) is 13.3. The van der Waals surface area contributed by atoms with Gasteiger partial charge in [0.25, 0.3) is 0 Å². The summed E-state index contributed by atoms with van der Waals surface area (Å²) in [4.78, 5) is 10.5. The Morgan fingerprint density at radius 3 is 2.21 bits per heavy atom. The second-order valence-corrected chi connectivity index (χ2v) is 9.81. The predicted molar refractivity (Wildman–Crippen MR) is 134 cm³/mol. The second-order valence-electron chi connectivity index (χ2n) is 9.81. The Balaban J connectivity index is 0.00000116. The monoisotopic (exact) mass is 487 g/mol. The SMILES string of the molecule is CCC(N)(CO)CO.CCCCC[C@](C)(O)/C=C/[C@@H]1[C@@H](C/C=C\CCCC(=O)O)[C@@H](O)C[C@H]1O. The van der Waals surface area contributed by atoms with Gasteiger partial charge in [0.15, 0.2) is 0 Å². The largest absolute Gasteiger partial charge is 0.481 e. The molecule has 0 spiro atoms. The van der Waals surface area contributed by atoms with Crippen molar-refractivity contribution >= 4 is 5.97 Å². The predicted octanol–water partition coefficient (Wildman–Crippen LogP) is 2.51. The van der Waals surface area contributed by atoms with Crippen LogP contribution in [0.25, 0.3) is 0 Å². The first-order valence-corrected chi connectivity index (χ1v) is 12.6. The van der Waals surface area contributed by atoms with Gasteiger partial charge in [-0.2, -0.15) is 0 Å². The molecule has 200 valence electrons. The number of hydrogen-bond acceptors (Lipinski definition) is 7. The zero-order valence-corrected chi connectivity index (χ0v) is 21.3. The van der Waals surface area contributed by atoms with Crippen molar-refractivity contribution in [3.05, 3.63) is 24.3 Å². The number of unbranched alkanes of at least 4 members (excludes halogenated alkanes) is 3. The Kier molecular flexibility index (Phi) is 16.5. The van der Waals surface area contributed by atoms with Crippen LogP contribution < -0.4 is 5.73 Å². The number of aliphatic hydroxyl groups is 5. The third kappa shape index (κ3) is 13.6. The van der Waals surface area contributed by atoms with E-state index in [4.69, 9.17) is 21.1 Å². The summed E-state index contributed by atoms with van der Waals surface area (Å²) < 4.78 is 0. The van der Waals surface area contributed by atoms with Crippen LogP contribution in [0.15, 0.2) is 24.3 Å². The van der Waals surface area contributed by atoms with Crippen molar-refractivity contribution in [2.24, 2.45) is 17.6 Å². The summed E-state index contributed by atoms with van der Waals surface area (Å²) in [6, 6.07) is 0.